The third-order valence-corrected chi connectivity index (χ3v) is 12.7. The van der Waals surface area contributed by atoms with Gasteiger partial charge in [0.05, 0.1) is 34.4 Å². The Morgan fingerprint density at radius 2 is 0.839 bits per heavy atom. The van der Waals surface area contributed by atoms with Crippen molar-refractivity contribution in [3.63, 3.8) is 0 Å². The number of likely N-dealkylation sites (N-methyl/N-ethyl adjacent to an activating group) is 1. The van der Waals surface area contributed by atoms with Crippen LogP contribution in [0, 0.1) is 0 Å². The van der Waals surface area contributed by atoms with Gasteiger partial charge >= 0.3 is 5.97 Å². The highest BCUT2D eigenvalue weighted by molar-refractivity contribution is 7.45. The van der Waals surface area contributed by atoms with Crippen molar-refractivity contribution >= 4 is 13.8 Å². The van der Waals surface area contributed by atoms with Gasteiger partial charge in [-0.2, -0.15) is 0 Å². The Kier molecular flexibility index (Phi) is 45.7. The van der Waals surface area contributed by atoms with Crippen LogP contribution in [-0.4, -0.2) is 70.7 Å². The molecule has 0 fully saturated rings. The van der Waals surface area contributed by atoms with Crippen molar-refractivity contribution in [2.45, 2.75) is 258 Å². The minimum absolute atomic E-state index is 0.0263. The van der Waals surface area contributed by atoms with E-state index in [2.05, 4.69) is 38.2 Å². The lowest BCUT2D eigenvalue weighted by atomic mass is 10.0. The van der Waals surface area contributed by atoms with Crippen LogP contribution in [0.4, 0.5) is 0 Å². The Bertz CT molecular complexity index is 1050. The van der Waals surface area contributed by atoms with E-state index >= 15 is 0 Å². The molecule has 2 unspecified atom stereocenters. The summed E-state index contributed by atoms with van der Waals surface area (Å²) in [5, 5.41) is 0. The van der Waals surface area contributed by atoms with Crippen LogP contribution in [0.25, 0.3) is 0 Å². The lowest BCUT2D eigenvalue weighted by Crippen LogP contribution is -2.37. The molecule has 0 saturated heterocycles. The first-order valence-electron chi connectivity index (χ1n) is 26.6. The molecule has 0 radical (unpaired) electrons. The summed E-state index contributed by atoms with van der Waals surface area (Å²) in [6.45, 7) is 5.44. The highest BCUT2D eigenvalue weighted by Gasteiger charge is 2.20. The molecule has 0 amide bonds. The Labute approximate surface area is 385 Å². The summed E-state index contributed by atoms with van der Waals surface area (Å²) >= 11 is 0. The monoisotopic (exact) mass is 898 g/mol. The molecule has 0 aliphatic heterocycles. The lowest BCUT2D eigenvalue weighted by molar-refractivity contribution is -0.870. The molecule has 0 aromatic heterocycles. The van der Waals surface area contributed by atoms with Crippen molar-refractivity contribution in [3.05, 3.63) is 24.3 Å². The molecule has 0 rings (SSSR count). The summed E-state index contributed by atoms with van der Waals surface area (Å²) in [6, 6.07) is 0. The second-order valence-corrected chi connectivity index (χ2v) is 20.6. The summed E-state index contributed by atoms with van der Waals surface area (Å²) in [5.74, 6) is -0.339. The molecular formula is C53H104NO7P. The van der Waals surface area contributed by atoms with Crippen LogP contribution in [0.15, 0.2) is 24.3 Å². The van der Waals surface area contributed by atoms with Gasteiger partial charge < -0.3 is 27.9 Å². The van der Waals surface area contributed by atoms with Crippen LogP contribution in [0.2, 0.25) is 0 Å². The van der Waals surface area contributed by atoms with Gasteiger partial charge in [0.25, 0.3) is 7.82 Å². The van der Waals surface area contributed by atoms with Crippen molar-refractivity contribution in [3.8, 4) is 0 Å². The fourth-order valence-electron chi connectivity index (χ4n) is 7.60. The number of allylic oxidation sites excluding steroid dienone is 4. The number of carbonyl (C=O) groups is 1. The van der Waals surface area contributed by atoms with Gasteiger partial charge in [-0.05, 0) is 64.2 Å². The third kappa shape index (κ3) is 50.0. The van der Waals surface area contributed by atoms with Crippen LogP contribution >= 0.6 is 7.82 Å². The first kappa shape index (κ1) is 61.0. The number of hydrogen-bond acceptors (Lipinski definition) is 7. The summed E-state index contributed by atoms with van der Waals surface area (Å²) in [4.78, 5) is 25.2. The van der Waals surface area contributed by atoms with Gasteiger partial charge in [-0.15, -0.1) is 0 Å². The average Bonchev–Trinajstić information content (AvgIpc) is 3.23. The van der Waals surface area contributed by atoms with E-state index in [1.165, 1.54) is 186 Å². The van der Waals surface area contributed by atoms with Crippen LogP contribution in [0.1, 0.15) is 251 Å². The highest BCUT2D eigenvalue weighted by Crippen LogP contribution is 2.38. The van der Waals surface area contributed by atoms with Gasteiger partial charge in [-0.3, -0.25) is 9.36 Å². The SMILES string of the molecule is CCCCCCCCC/C=C\CCCCCCCC(=O)OC(COCCCCCCCCCCCCCC/C=C\CCCCCCCCCC)COP(=O)([O-])OCC[N+](C)(C)C. The van der Waals surface area contributed by atoms with Crippen LogP contribution in [0.3, 0.4) is 0 Å². The fraction of sp³-hybridized carbons (Fsp3) is 0.906. The predicted octanol–water partition coefficient (Wildman–Crippen LogP) is 15.7. The Morgan fingerprint density at radius 1 is 0.484 bits per heavy atom. The Balaban J connectivity index is 4.07. The van der Waals surface area contributed by atoms with Gasteiger partial charge in [0, 0.05) is 13.0 Å². The zero-order valence-corrected chi connectivity index (χ0v) is 42.7. The molecule has 0 heterocycles. The molecule has 0 N–H and O–H groups in total. The van der Waals surface area contributed by atoms with E-state index in [-0.39, 0.29) is 25.8 Å². The van der Waals surface area contributed by atoms with E-state index in [1.54, 1.807) is 0 Å². The molecule has 2 atom stereocenters. The zero-order valence-electron chi connectivity index (χ0n) is 41.8. The van der Waals surface area contributed by atoms with Gasteiger partial charge in [-0.1, -0.05) is 205 Å². The number of carbonyl (C=O) groups excluding carboxylic acids is 1. The number of ether oxygens (including phenoxy) is 2. The van der Waals surface area contributed by atoms with E-state index in [0.29, 0.717) is 24.1 Å². The standard InChI is InChI=1S/C53H104NO7P/c1-6-8-10-12-14-16-18-20-22-24-25-26-27-28-29-30-31-33-35-37-39-41-43-45-48-58-50-52(51-60-62(56,57)59-49-47-54(3,4)5)61-53(55)46-44-42-40-38-36-34-32-23-21-19-17-15-13-11-9-7-2/h23-25,32,52H,6-22,26-31,33-51H2,1-5H3/b25-24-,32-23-. The third-order valence-electron chi connectivity index (χ3n) is 11.7. The lowest BCUT2D eigenvalue weighted by Gasteiger charge is -2.28. The quantitative estimate of drug-likeness (QED) is 0.0197. The summed E-state index contributed by atoms with van der Waals surface area (Å²) in [7, 11) is 1.36. The van der Waals surface area contributed by atoms with Gasteiger partial charge in [0.1, 0.15) is 19.3 Å². The van der Waals surface area contributed by atoms with Crippen LogP contribution < -0.4 is 4.89 Å². The van der Waals surface area contributed by atoms with Crippen molar-refractivity contribution in [1.29, 1.82) is 0 Å². The maximum atomic E-state index is 12.7. The maximum Gasteiger partial charge on any atom is 0.306 e. The van der Waals surface area contributed by atoms with Crippen molar-refractivity contribution in [2.24, 2.45) is 0 Å². The smallest absolute Gasteiger partial charge is 0.306 e. The van der Waals surface area contributed by atoms with Gasteiger partial charge in [0.15, 0.2) is 0 Å². The van der Waals surface area contributed by atoms with E-state index in [9.17, 15) is 14.3 Å². The molecule has 0 saturated carbocycles. The minimum Gasteiger partial charge on any atom is -0.756 e. The second kappa shape index (κ2) is 46.5. The normalized spacial score (nSPS) is 13.7. The number of quaternary nitrogens is 1. The maximum absolute atomic E-state index is 12.7. The van der Waals surface area contributed by atoms with Crippen molar-refractivity contribution < 1.29 is 37.3 Å². The Morgan fingerprint density at radius 3 is 1.23 bits per heavy atom. The number of nitrogens with zero attached hydrogens (tertiary/aromatic N) is 1. The topological polar surface area (TPSA) is 94.1 Å². The van der Waals surface area contributed by atoms with E-state index in [1.807, 2.05) is 21.1 Å². The summed E-state index contributed by atoms with van der Waals surface area (Å²) < 4.78 is 34.8. The van der Waals surface area contributed by atoms with E-state index < -0.39 is 13.9 Å². The van der Waals surface area contributed by atoms with E-state index in [0.717, 1.165) is 44.9 Å². The average molecular weight is 898 g/mol. The first-order chi connectivity index (χ1) is 30.1. The van der Waals surface area contributed by atoms with Crippen molar-refractivity contribution in [1.82, 2.24) is 0 Å². The first-order valence-corrected chi connectivity index (χ1v) is 28.0. The second-order valence-electron chi connectivity index (χ2n) is 19.2. The zero-order chi connectivity index (χ0) is 45.5. The number of esters is 1. The molecule has 0 aliphatic carbocycles. The summed E-state index contributed by atoms with van der Waals surface area (Å²) in [5.41, 5.74) is 0. The molecule has 9 heteroatoms. The largest absolute Gasteiger partial charge is 0.756 e. The van der Waals surface area contributed by atoms with Crippen LogP contribution in [0.5, 0.6) is 0 Å². The molecule has 0 aromatic rings. The van der Waals surface area contributed by atoms with E-state index in [4.69, 9.17) is 18.5 Å². The molecular weight excluding hydrogens is 794 g/mol. The van der Waals surface area contributed by atoms with Gasteiger partial charge in [-0.25, -0.2) is 0 Å². The molecule has 0 aliphatic rings. The summed E-state index contributed by atoms with van der Waals surface area (Å²) in [6.07, 6.45) is 54.9. The molecule has 0 bridgehead atoms. The molecule has 368 valence electrons. The van der Waals surface area contributed by atoms with Crippen LogP contribution in [-0.2, 0) is 27.9 Å². The number of rotatable bonds is 50. The van der Waals surface area contributed by atoms with Crippen molar-refractivity contribution in [2.75, 3.05) is 54.1 Å². The van der Waals surface area contributed by atoms with Gasteiger partial charge in [0.2, 0.25) is 0 Å². The number of hydrogen-bond donors (Lipinski definition) is 0. The fourth-order valence-corrected chi connectivity index (χ4v) is 8.33. The molecule has 8 nitrogen and oxygen atoms in total. The molecule has 0 spiro atoms. The minimum atomic E-state index is -4.53. The highest BCUT2D eigenvalue weighted by atomic mass is 31.2. The predicted molar refractivity (Wildman–Crippen MR) is 264 cm³/mol. The molecule has 0 aromatic carbocycles. The number of unbranched alkanes of at least 4 members (excludes halogenated alkanes) is 32. The molecule has 62 heavy (non-hydrogen) atoms. The number of phosphoric ester groups is 1. The number of phosphoric acid groups is 1. The Hall–Kier alpha value is -1.02.